The SMILES string of the molecule is CC[C@H]1CN(c2cccc(C(=O)c3cccnc3N)n2)C[C@H](CC(C)C)N1. The molecule has 1 aliphatic heterocycles. The maximum Gasteiger partial charge on any atom is 0.215 e. The quantitative estimate of drug-likeness (QED) is 0.764. The zero-order chi connectivity index (χ0) is 19.4. The van der Waals surface area contributed by atoms with Crippen LogP contribution in [0, 0.1) is 5.92 Å². The summed E-state index contributed by atoms with van der Waals surface area (Å²) in [6, 6.07) is 9.87. The van der Waals surface area contributed by atoms with E-state index in [9.17, 15) is 4.79 Å². The van der Waals surface area contributed by atoms with E-state index in [1.54, 1.807) is 24.4 Å². The molecule has 3 N–H and O–H groups in total. The van der Waals surface area contributed by atoms with Crippen LogP contribution < -0.4 is 16.0 Å². The Labute approximate surface area is 161 Å². The number of carbonyl (C=O) groups excluding carboxylic acids is 1. The number of pyridine rings is 2. The lowest BCUT2D eigenvalue weighted by Gasteiger charge is -2.40. The van der Waals surface area contributed by atoms with Gasteiger partial charge in [-0.25, -0.2) is 9.97 Å². The minimum absolute atomic E-state index is 0.191. The van der Waals surface area contributed by atoms with Crippen LogP contribution in [0.5, 0.6) is 0 Å². The third-order valence-corrected chi connectivity index (χ3v) is 4.98. The van der Waals surface area contributed by atoms with Crippen molar-refractivity contribution >= 4 is 17.4 Å². The first-order valence-corrected chi connectivity index (χ1v) is 9.71. The van der Waals surface area contributed by atoms with Gasteiger partial charge in [0.2, 0.25) is 5.78 Å². The van der Waals surface area contributed by atoms with Gasteiger partial charge in [-0.05, 0) is 43.0 Å². The van der Waals surface area contributed by atoms with Gasteiger partial charge in [-0.1, -0.05) is 26.8 Å². The number of hydrogen-bond donors (Lipinski definition) is 2. The second-order valence-electron chi connectivity index (χ2n) is 7.65. The van der Waals surface area contributed by atoms with Crippen LogP contribution in [-0.2, 0) is 0 Å². The van der Waals surface area contributed by atoms with Crippen molar-refractivity contribution in [1.82, 2.24) is 15.3 Å². The molecule has 6 nitrogen and oxygen atoms in total. The highest BCUT2D eigenvalue weighted by Crippen LogP contribution is 2.21. The van der Waals surface area contributed by atoms with E-state index >= 15 is 0 Å². The molecule has 6 heteroatoms. The van der Waals surface area contributed by atoms with Crippen LogP contribution in [0.1, 0.15) is 49.7 Å². The summed E-state index contributed by atoms with van der Waals surface area (Å²) in [5, 5.41) is 3.74. The minimum Gasteiger partial charge on any atom is -0.383 e. The average Bonchev–Trinajstić information content (AvgIpc) is 2.67. The van der Waals surface area contributed by atoms with Gasteiger partial charge < -0.3 is 16.0 Å². The van der Waals surface area contributed by atoms with Crippen LogP contribution in [0.15, 0.2) is 36.5 Å². The van der Waals surface area contributed by atoms with Gasteiger partial charge in [0.1, 0.15) is 17.3 Å². The molecule has 1 aliphatic rings. The van der Waals surface area contributed by atoms with Gasteiger partial charge in [-0.15, -0.1) is 0 Å². The van der Waals surface area contributed by atoms with Gasteiger partial charge in [0.05, 0.1) is 5.56 Å². The molecule has 2 aromatic rings. The monoisotopic (exact) mass is 367 g/mol. The molecule has 0 bridgehead atoms. The van der Waals surface area contributed by atoms with Gasteiger partial charge in [0.25, 0.3) is 0 Å². The van der Waals surface area contributed by atoms with E-state index in [1.165, 1.54) is 0 Å². The normalized spacial score (nSPS) is 20.1. The lowest BCUT2D eigenvalue weighted by molar-refractivity contribution is 0.103. The molecule has 3 heterocycles. The summed E-state index contributed by atoms with van der Waals surface area (Å²) in [5.74, 6) is 1.52. The van der Waals surface area contributed by atoms with E-state index in [1.807, 2.05) is 12.1 Å². The van der Waals surface area contributed by atoms with Crippen molar-refractivity contribution in [1.29, 1.82) is 0 Å². The van der Waals surface area contributed by atoms with Crippen molar-refractivity contribution in [2.45, 2.75) is 45.7 Å². The van der Waals surface area contributed by atoms with E-state index in [4.69, 9.17) is 5.73 Å². The second-order valence-corrected chi connectivity index (χ2v) is 7.65. The maximum atomic E-state index is 12.8. The van der Waals surface area contributed by atoms with E-state index in [-0.39, 0.29) is 11.6 Å². The first-order valence-electron chi connectivity index (χ1n) is 9.71. The van der Waals surface area contributed by atoms with E-state index in [2.05, 4.69) is 41.0 Å². The van der Waals surface area contributed by atoms with Crippen molar-refractivity contribution < 1.29 is 4.79 Å². The summed E-state index contributed by atoms with van der Waals surface area (Å²) in [4.78, 5) is 23.8. The predicted octanol–water partition coefficient (Wildman–Crippen LogP) is 2.89. The molecule has 27 heavy (non-hydrogen) atoms. The third-order valence-electron chi connectivity index (χ3n) is 4.98. The molecule has 2 atom stereocenters. The van der Waals surface area contributed by atoms with Crippen LogP contribution in [-0.4, -0.2) is 40.9 Å². The Kier molecular flexibility index (Phi) is 6.06. The smallest absolute Gasteiger partial charge is 0.215 e. The Hall–Kier alpha value is -2.47. The van der Waals surface area contributed by atoms with Crippen molar-refractivity contribution in [2.75, 3.05) is 23.7 Å². The molecule has 144 valence electrons. The van der Waals surface area contributed by atoms with Crippen LogP contribution in [0.2, 0.25) is 0 Å². The lowest BCUT2D eigenvalue weighted by Crippen LogP contribution is -2.57. The molecule has 0 aliphatic carbocycles. The zero-order valence-electron chi connectivity index (χ0n) is 16.4. The summed E-state index contributed by atoms with van der Waals surface area (Å²) in [6.07, 6.45) is 3.77. The molecule has 0 spiro atoms. The summed E-state index contributed by atoms with van der Waals surface area (Å²) < 4.78 is 0. The standard InChI is InChI=1S/C21H29N5O/c1-4-15-12-26(13-16(24-15)11-14(2)3)19-9-5-8-18(25-19)20(27)17-7-6-10-23-21(17)22/h5-10,14-16,24H,4,11-13H2,1-3H3,(H2,22,23)/t15-,16-/m0/s1. The summed E-state index contributed by atoms with van der Waals surface area (Å²) in [5.41, 5.74) is 6.66. The Morgan fingerprint density at radius 1 is 1.26 bits per heavy atom. The molecular formula is C21H29N5O. The number of rotatable bonds is 6. The number of ketones is 1. The summed E-state index contributed by atoms with van der Waals surface area (Å²) in [6.45, 7) is 8.49. The fourth-order valence-electron chi connectivity index (χ4n) is 3.66. The molecule has 1 saturated heterocycles. The Bertz CT molecular complexity index is 792. The fourth-order valence-corrected chi connectivity index (χ4v) is 3.66. The highest BCUT2D eigenvalue weighted by Gasteiger charge is 2.27. The minimum atomic E-state index is -0.191. The van der Waals surface area contributed by atoms with Crippen LogP contribution in [0.4, 0.5) is 11.6 Å². The van der Waals surface area contributed by atoms with E-state index < -0.39 is 0 Å². The van der Waals surface area contributed by atoms with Crippen molar-refractivity contribution in [3.8, 4) is 0 Å². The van der Waals surface area contributed by atoms with Crippen LogP contribution in [0.25, 0.3) is 0 Å². The van der Waals surface area contributed by atoms with E-state index in [0.717, 1.165) is 31.7 Å². The van der Waals surface area contributed by atoms with Crippen molar-refractivity contribution in [2.24, 2.45) is 5.92 Å². The van der Waals surface area contributed by atoms with Crippen molar-refractivity contribution in [3.05, 3.63) is 47.8 Å². The first kappa shape index (κ1) is 19.3. The summed E-state index contributed by atoms with van der Waals surface area (Å²) in [7, 11) is 0. The molecule has 0 aromatic carbocycles. The van der Waals surface area contributed by atoms with Crippen molar-refractivity contribution in [3.63, 3.8) is 0 Å². The largest absolute Gasteiger partial charge is 0.383 e. The number of nitrogens with two attached hydrogens (primary N) is 1. The molecule has 1 fully saturated rings. The van der Waals surface area contributed by atoms with Gasteiger partial charge >= 0.3 is 0 Å². The molecule has 0 saturated carbocycles. The van der Waals surface area contributed by atoms with Gasteiger partial charge in [0, 0.05) is 31.4 Å². The Balaban J connectivity index is 1.83. The average molecular weight is 367 g/mol. The lowest BCUT2D eigenvalue weighted by atomic mass is 9.99. The highest BCUT2D eigenvalue weighted by atomic mass is 16.1. The molecule has 0 radical (unpaired) electrons. The maximum absolute atomic E-state index is 12.8. The van der Waals surface area contributed by atoms with Crippen LogP contribution in [0.3, 0.4) is 0 Å². The molecule has 3 rings (SSSR count). The third kappa shape index (κ3) is 4.63. The number of carbonyl (C=O) groups is 1. The molecule has 0 amide bonds. The fraction of sp³-hybridized carbons (Fsp3) is 0.476. The highest BCUT2D eigenvalue weighted by molar-refractivity contribution is 6.10. The van der Waals surface area contributed by atoms with Gasteiger partial charge in [0.15, 0.2) is 0 Å². The number of piperazine rings is 1. The number of nitrogens with zero attached hydrogens (tertiary/aromatic N) is 3. The predicted molar refractivity (Wildman–Crippen MR) is 109 cm³/mol. The molecular weight excluding hydrogens is 338 g/mol. The number of aromatic nitrogens is 2. The molecule has 2 aromatic heterocycles. The van der Waals surface area contributed by atoms with Gasteiger partial charge in [-0.2, -0.15) is 0 Å². The van der Waals surface area contributed by atoms with Gasteiger partial charge in [-0.3, -0.25) is 4.79 Å². The number of nitrogen functional groups attached to an aromatic ring is 1. The molecule has 0 unspecified atom stereocenters. The topological polar surface area (TPSA) is 84.1 Å². The van der Waals surface area contributed by atoms with E-state index in [0.29, 0.717) is 29.3 Å². The number of nitrogens with one attached hydrogen (secondary N) is 1. The number of hydrogen-bond acceptors (Lipinski definition) is 6. The second kappa shape index (κ2) is 8.48. The Morgan fingerprint density at radius 2 is 2.04 bits per heavy atom. The number of anilines is 2. The zero-order valence-corrected chi connectivity index (χ0v) is 16.4. The van der Waals surface area contributed by atoms with Crippen LogP contribution >= 0.6 is 0 Å². The first-order chi connectivity index (χ1) is 13.0. The Morgan fingerprint density at radius 3 is 2.74 bits per heavy atom. The summed E-state index contributed by atoms with van der Waals surface area (Å²) >= 11 is 0.